The van der Waals surface area contributed by atoms with Crippen molar-refractivity contribution in [3.05, 3.63) is 59.7 Å². The van der Waals surface area contributed by atoms with Gasteiger partial charge in [0.15, 0.2) is 11.5 Å². The highest BCUT2D eigenvalue weighted by atomic mass is 16.7. The molecule has 8 nitrogen and oxygen atoms in total. The Morgan fingerprint density at radius 1 is 1.12 bits per heavy atom. The number of nitrogens with one attached hydrogen (secondary N) is 2. The average Bonchev–Trinajstić information content (AvgIpc) is 3.20. The molecule has 2 N–H and O–H groups in total. The third-order valence-electron chi connectivity index (χ3n) is 4.39. The lowest BCUT2D eigenvalue weighted by atomic mass is 9.92. The molecule has 132 valence electrons. The highest BCUT2D eigenvalue weighted by molar-refractivity contribution is 6.09. The molecular weight excluding hydrogens is 338 g/mol. The van der Waals surface area contributed by atoms with Crippen molar-refractivity contribution in [2.45, 2.75) is 12.5 Å². The first-order valence-corrected chi connectivity index (χ1v) is 7.92. The number of hydrogen-bond donors (Lipinski definition) is 2. The van der Waals surface area contributed by atoms with Crippen molar-refractivity contribution < 1.29 is 23.9 Å². The third kappa shape index (κ3) is 2.43. The normalized spacial score (nSPS) is 20.9. The summed E-state index contributed by atoms with van der Waals surface area (Å²) in [6.07, 6.45) is 0. The Hall–Kier alpha value is -3.55. The van der Waals surface area contributed by atoms with E-state index in [9.17, 15) is 14.4 Å². The van der Waals surface area contributed by atoms with E-state index in [-0.39, 0.29) is 12.4 Å². The van der Waals surface area contributed by atoms with Crippen LogP contribution in [0.1, 0.15) is 22.8 Å². The molecule has 1 unspecified atom stereocenters. The second-order valence-electron chi connectivity index (χ2n) is 6.07. The van der Waals surface area contributed by atoms with E-state index in [1.165, 1.54) is 12.1 Å². The second kappa shape index (κ2) is 5.76. The van der Waals surface area contributed by atoms with Crippen LogP contribution in [0.25, 0.3) is 0 Å². The monoisotopic (exact) mass is 353 g/mol. The number of ether oxygens (including phenoxy) is 2. The Labute approximate surface area is 148 Å². The lowest BCUT2D eigenvalue weighted by Gasteiger charge is -2.22. The van der Waals surface area contributed by atoms with Gasteiger partial charge in [-0.3, -0.25) is 15.0 Å². The number of benzene rings is 2. The topological polar surface area (TPSA) is 97.0 Å². The van der Waals surface area contributed by atoms with Crippen LogP contribution >= 0.6 is 0 Å². The van der Waals surface area contributed by atoms with Crippen LogP contribution in [0.2, 0.25) is 0 Å². The summed E-state index contributed by atoms with van der Waals surface area (Å²) in [4.78, 5) is 37.5. The summed E-state index contributed by atoms with van der Waals surface area (Å²) in [7, 11) is 0. The molecule has 2 heterocycles. The summed E-state index contributed by atoms with van der Waals surface area (Å²) >= 11 is 0. The molecule has 2 aliphatic heterocycles. The molecule has 0 bridgehead atoms. The van der Waals surface area contributed by atoms with E-state index in [0.29, 0.717) is 22.1 Å². The zero-order valence-electron chi connectivity index (χ0n) is 13.8. The predicted octanol–water partition coefficient (Wildman–Crippen LogP) is 1.53. The Kier molecular flexibility index (Phi) is 3.54. The number of urea groups is 1. The van der Waals surface area contributed by atoms with E-state index in [0.717, 1.165) is 0 Å². The van der Waals surface area contributed by atoms with E-state index in [4.69, 9.17) is 9.47 Å². The van der Waals surface area contributed by atoms with Crippen molar-refractivity contribution in [2.24, 2.45) is 0 Å². The standard InChI is InChI=1S/C18H15N3O5/c1-18(12-5-3-2-4-6-12)16(23)21(17(24)19-18)20-15(22)11-7-8-13-14(9-11)26-10-25-13/h2-9H,10H2,1H3,(H,19,24)(H,20,22). The van der Waals surface area contributed by atoms with Crippen molar-refractivity contribution in [1.29, 1.82) is 0 Å². The number of hydrogen-bond acceptors (Lipinski definition) is 5. The highest BCUT2D eigenvalue weighted by Gasteiger charge is 2.50. The lowest BCUT2D eigenvalue weighted by Crippen LogP contribution is -2.47. The maximum Gasteiger partial charge on any atom is 0.344 e. The number of carbonyl (C=O) groups excluding carboxylic acids is 3. The molecule has 0 saturated carbocycles. The van der Waals surface area contributed by atoms with Gasteiger partial charge < -0.3 is 14.8 Å². The molecule has 2 aromatic rings. The van der Waals surface area contributed by atoms with Crippen LogP contribution in [-0.2, 0) is 10.3 Å². The molecule has 1 atom stereocenters. The summed E-state index contributed by atoms with van der Waals surface area (Å²) in [6.45, 7) is 1.68. The Bertz CT molecular complexity index is 914. The third-order valence-corrected chi connectivity index (χ3v) is 4.39. The van der Waals surface area contributed by atoms with Crippen molar-refractivity contribution in [2.75, 3.05) is 6.79 Å². The molecule has 0 aliphatic carbocycles. The van der Waals surface area contributed by atoms with Gasteiger partial charge in [0.25, 0.3) is 11.8 Å². The molecule has 1 fully saturated rings. The van der Waals surface area contributed by atoms with Crippen LogP contribution < -0.4 is 20.2 Å². The number of amides is 4. The molecule has 1 saturated heterocycles. The molecule has 8 heteroatoms. The van der Waals surface area contributed by atoms with Gasteiger partial charge in [0.05, 0.1) is 0 Å². The minimum Gasteiger partial charge on any atom is -0.454 e. The van der Waals surface area contributed by atoms with Gasteiger partial charge in [-0.1, -0.05) is 30.3 Å². The molecular formula is C18H15N3O5. The Morgan fingerprint density at radius 2 is 1.85 bits per heavy atom. The predicted molar refractivity (Wildman–Crippen MR) is 89.2 cm³/mol. The van der Waals surface area contributed by atoms with Crippen LogP contribution in [0.15, 0.2) is 48.5 Å². The van der Waals surface area contributed by atoms with E-state index in [2.05, 4.69) is 10.7 Å². The first kappa shape index (κ1) is 15.9. The fourth-order valence-electron chi connectivity index (χ4n) is 2.91. The number of nitrogens with zero attached hydrogens (tertiary/aromatic N) is 1. The zero-order valence-corrected chi connectivity index (χ0v) is 13.8. The van der Waals surface area contributed by atoms with Gasteiger partial charge in [0.1, 0.15) is 5.54 Å². The van der Waals surface area contributed by atoms with E-state index in [1.54, 1.807) is 37.3 Å². The summed E-state index contributed by atoms with van der Waals surface area (Å²) < 4.78 is 10.4. The highest BCUT2D eigenvalue weighted by Crippen LogP contribution is 2.33. The first-order chi connectivity index (χ1) is 12.5. The average molecular weight is 353 g/mol. The number of carbonyl (C=O) groups is 3. The van der Waals surface area contributed by atoms with Gasteiger partial charge in [-0.05, 0) is 30.7 Å². The second-order valence-corrected chi connectivity index (χ2v) is 6.07. The largest absolute Gasteiger partial charge is 0.454 e. The molecule has 26 heavy (non-hydrogen) atoms. The molecule has 2 aromatic carbocycles. The maximum atomic E-state index is 12.8. The van der Waals surface area contributed by atoms with Crippen LogP contribution in [0.3, 0.4) is 0 Å². The summed E-state index contributed by atoms with van der Waals surface area (Å²) in [6, 6.07) is 12.7. The Balaban J connectivity index is 1.56. The summed E-state index contributed by atoms with van der Waals surface area (Å²) in [5.41, 5.74) is 1.96. The quantitative estimate of drug-likeness (QED) is 0.816. The van der Waals surface area contributed by atoms with Gasteiger partial charge in [0.2, 0.25) is 6.79 Å². The van der Waals surface area contributed by atoms with Crippen molar-refractivity contribution >= 4 is 17.8 Å². The minimum absolute atomic E-state index is 0.0862. The van der Waals surface area contributed by atoms with Crippen molar-refractivity contribution in [3.63, 3.8) is 0 Å². The van der Waals surface area contributed by atoms with Gasteiger partial charge in [0, 0.05) is 5.56 Å². The number of fused-ring (bicyclic) bond motifs is 1. The van der Waals surface area contributed by atoms with Gasteiger partial charge in [-0.15, -0.1) is 0 Å². The SMILES string of the molecule is CC1(c2ccccc2)NC(=O)N(NC(=O)c2ccc3c(c2)OCO3)C1=O. The number of hydrazine groups is 1. The fraction of sp³-hybridized carbons (Fsp3) is 0.167. The van der Waals surface area contributed by atoms with E-state index < -0.39 is 23.4 Å². The van der Waals surface area contributed by atoms with Crippen molar-refractivity contribution in [1.82, 2.24) is 15.8 Å². The molecule has 2 aliphatic rings. The minimum atomic E-state index is -1.25. The first-order valence-electron chi connectivity index (χ1n) is 7.92. The van der Waals surface area contributed by atoms with Crippen LogP contribution in [0.4, 0.5) is 4.79 Å². The van der Waals surface area contributed by atoms with Crippen LogP contribution in [0.5, 0.6) is 11.5 Å². The van der Waals surface area contributed by atoms with Gasteiger partial charge in [-0.25, -0.2) is 4.79 Å². The fourth-order valence-corrected chi connectivity index (χ4v) is 2.91. The number of imide groups is 1. The lowest BCUT2D eigenvalue weighted by molar-refractivity contribution is -0.132. The number of rotatable bonds is 3. The maximum absolute atomic E-state index is 12.8. The molecule has 0 aromatic heterocycles. The van der Waals surface area contributed by atoms with Crippen LogP contribution in [-0.4, -0.2) is 29.6 Å². The van der Waals surface area contributed by atoms with Crippen LogP contribution in [0, 0.1) is 0 Å². The Morgan fingerprint density at radius 3 is 2.62 bits per heavy atom. The van der Waals surface area contributed by atoms with E-state index in [1.807, 2.05) is 6.07 Å². The molecule has 4 amide bonds. The van der Waals surface area contributed by atoms with Gasteiger partial charge >= 0.3 is 6.03 Å². The zero-order chi connectivity index (χ0) is 18.3. The summed E-state index contributed by atoms with van der Waals surface area (Å²) in [5, 5.41) is 3.32. The van der Waals surface area contributed by atoms with Crippen molar-refractivity contribution in [3.8, 4) is 11.5 Å². The molecule has 0 radical (unpaired) electrons. The smallest absolute Gasteiger partial charge is 0.344 e. The van der Waals surface area contributed by atoms with Gasteiger partial charge in [-0.2, -0.15) is 5.01 Å². The van der Waals surface area contributed by atoms with E-state index >= 15 is 0 Å². The summed E-state index contributed by atoms with van der Waals surface area (Å²) in [5.74, 6) is -0.205. The molecule has 4 rings (SSSR count). The molecule has 0 spiro atoms.